The zero-order chi connectivity index (χ0) is 21.9. The second-order valence-electron chi connectivity index (χ2n) is 6.35. The van der Waals surface area contributed by atoms with Gasteiger partial charge in [0.15, 0.2) is 12.4 Å². The highest BCUT2D eigenvalue weighted by Crippen LogP contribution is 2.25. The summed E-state index contributed by atoms with van der Waals surface area (Å²) in [4.78, 5) is 35.7. The van der Waals surface area contributed by atoms with Crippen molar-refractivity contribution in [1.29, 1.82) is 0 Å². The van der Waals surface area contributed by atoms with Crippen molar-refractivity contribution in [2.75, 3.05) is 26.1 Å². The molecule has 2 aromatic carbocycles. The first kappa shape index (κ1) is 22.7. The van der Waals surface area contributed by atoms with E-state index in [4.69, 9.17) is 14.2 Å². The lowest BCUT2D eigenvalue weighted by atomic mass is 10.1. The summed E-state index contributed by atoms with van der Waals surface area (Å²) >= 11 is 0. The number of carbonyl (C=O) groups is 3. The summed E-state index contributed by atoms with van der Waals surface area (Å²) in [6.45, 7) is 1.54. The first-order chi connectivity index (χ1) is 14.5. The summed E-state index contributed by atoms with van der Waals surface area (Å²) in [7, 11) is 3.07. The summed E-state index contributed by atoms with van der Waals surface area (Å²) in [5, 5.41) is 2.75. The van der Waals surface area contributed by atoms with Crippen LogP contribution >= 0.6 is 0 Å². The van der Waals surface area contributed by atoms with E-state index < -0.39 is 5.97 Å². The van der Waals surface area contributed by atoms with Gasteiger partial charge in [-0.2, -0.15) is 0 Å². The molecule has 7 heteroatoms. The van der Waals surface area contributed by atoms with Crippen LogP contribution < -0.4 is 14.8 Å². The van der Waals surface area contributed by atoms with Gasteiger partial charge >= 0.3 is 5.97 Å². The molecular weight excluding hydrogens is 386 g/mol. The Hall–Kier alpha value is -3.61. The van der Waals surface area contributed by atoms with E-state index in [1.165, 1.54) is 13.2 Å². The third-order valence-corrected chi connectivity index (χ3v) is 4.15. The summed E-state index contributed by atoms with van der Waals surface area (Å²) in [5.74, 6) is 0.106. The molecule has 1 N–H and O–H groups in total. The molecule has 0 aliphatic heterocycles. The molecule has 2 rings (SSSR count). The van der Waals surface area contributed by atoms with Gasteiger partial charge in [0, 0.05) is 35.4 Å². The summed E-state index contributed by atoms with van der Waals surface area (Å²) in [6.07, 6.45) is 3.96. The normalized spacial score (nSPS) is 10.5. The lowest BCUT2D eigenvalue weighted by Gasteiger charge is -2.07. The number of ether oxygens (including phenoxy) is 3. The highest BCUT2D eigenvalue weighted by atomic mass is 16.5. The summed E-state index contributed by atoms with van der Waals surface area (Å²) in [6, 6.07) is 11.6. The van der Waals surface area contributed by atoms with Crippen LogP contribution in [0.3, 0.4) is 0 Å². The highest BCUT2D eigenvalue weighted by Gasteiger charge is 2.10. The molecule has 0 spiro atoms. The minimum absolute atomic E-state index is 0.0780. The topological polar surface area (TPSA) is 90.9 Å². The fourth-order valence-electron chi connectivity index (χ4n) is 2.57. The predicted octanol–water partition coefficient (Wildman–Crippen LogP) is 3.88. The average molecular weight is 411 g/mol. The van der Waals surface area contributed by atoms with Crippen LogP contribution in [-0.4, -0.2) is 38.5 Å². The van der Waals surface area contributed by atoms with E-state index in [1.807, 2.05) is 6.92 Å². The minimum atomic E-state index is -0.648. The number of carbonyl (C=O) groups excluding carboxylic acids is 3. The quantitative estimate of drug-likeness (QED) is 0.362. The lowest BCUT2D eigenvalue weighted by Crippen LogP contribution is -2.13. The van der Waals surface area contributed by atoms with E-state index in [2.05, 4.69) is 5.32 Å². The van der Waals surface area contributed by atoms with Crippen molar-refractivity contribution in [1.82, 2.24) is 0 Å². The van der Waals surface area contributed by atoms with Gasteiger partial charge in [-0.1, -0.05) is 6.92 Å². The van der Waals surface area contributed by atoms with Crippen LogP contribution in [0.4, 0.5) is 5.69 Å². The smallest absolute Gasteiger partial charge is 0.331 e. The Balaban J connectivity index is 1.89. The number of methoxy groups -OCH3 is 2. The monoisotopic (exact) mass is 411 g/mol. The SMILES string of the molecule is CCCC(=O)Nc1ccc(C(=O)COC(=O)/C=C/c2ccc(OC)cc2OC)cc1. The van der Waals surface area contributed by atoms with E-state index in [-0.39, 0.29) is 18.3 Å². The molecule has 0 aromatic heterocycles. The molecule has 0 radical (unpaired) electrons. The fraction of sp³-hybridized carbons (Fsp3) is 0.261. The number of Topliss-reactive ketones (excluding diaryl/α,β-unsaturated/α-hetero) is 1. The summed E-state index contributed by atoms with van der Waals surface area (Å²) < 4.78 is 15.4. The van der Waals surface area contributed by atoms with E-state index >= 15 is 0 Å². The van der Waals surface area contributed by atoms with Crippen molar-refractivity contribution in [3.05, 3.63) is 59.7 Å². The minimum Gasteiger partial charge on any atom is -0.497 e. The summed E-state index contributed by atoms with van der Waals surface area (Å²) in [5.41, 5.74) is 1.66. The molecule has 0 atom stereocenters. The van der Waals surface area contributed by atoms with Crippen molar-refractivity contribution in [2.24, 2.45) is 0 Å². The van der Waals surface area contributed by atoms with Crippen LogP contribution in [0, 0.1) is 0 Å². The molecule has 30 heavy (non-hydrogen) atoms. The third kappa shape index (κ3) is 6.77. The van der Waals surface area contributed by atoms with Crippen LogP contribution in [0.25, 0.3) is 6.08 Å². The zero-order valence-corrected chi connectivity index (χ0v) is 17.3. The van der Waals surface area contributed by atoms with Crippen molar-refractivity contribution >= 4 is 29.4 Å². The number of rotatable bonds is 10. The molecule has 1 amide bonds. The molecule has 0 fully saturated rings. The van der Waals surface area contributed by atoms with Crippen molar-refractivity contribution in [2.45, 2.75) is 19.8 Å². The highest BCUT2D eigenvalue weighted by molar-refractivity contribution is 5.99. The molecule has 0 bridgehead atoms. The van der Waals surface area contributed by atoms with Gasteiger partial charge in [0.05, 0.1) is 14.2 Å². The van der Waals surface area contributed by atoms with Gasteiger partial charge in [-0.3, -0.25) is 9.59 Å². The molecule has 0 aliphatic carbocycles. The maximum atomic E-state index is 12.2. The number of nitrogens with one attached hydrogen (secondary N) is 1. The Morgan fingerprint density at radius 3 is 2.37 bits per heavy atom. The van der Waals surface area contributed by atoms with Crippen molar-refractivity contribution < 1.29 is 28.6 Å². The maximum Gasteiger partial charge on any atom is 0.331 e. The molecule has 158 valence electrons. The number of hydrogen-bond acceptors (Lipinski definition) is 6. The third-order valence-electron chi connectivity index (χ3n) is 4.15. The van der Waals surface area contributed by atoms with E-state index in [9.17, 15) is 14.4 Å². The lowest BCUT2D eigenvalue weighted by molar-refractivity contribution is -0.136. The Bertz CT molecular complexity index is 918. The Morgan fingerprint density at radius 1 is 1.00 bits per heavy atom. The van der Waals surface area contributed by atoms with Crippen molar-refractivity contribution in [3.63, 3.8) is 0 Å². The van der Waals surface area contributed by atoms with Gasteiger partial charge in [-0.25, -0.2) is 4.79 Å². The van der Waals surface area contributed by atoms with E-state index in [0.717, 1.165) is 6.42 Å². The van der Waals surface area contributed by atoms with Crippen LogP contribution in [-0.2, 0) is 14.3 Å². The second-order valence-corrected chi connectivity index (χ2v) is 6.35. The van der Waals surface area contributed by atoms with Crippen molar-refractivity contribution in [3.8, 4) is 11.5 Å². The molecule has 7 nitrogen and oxygen atoms in total. The van der Waals surface area contributed by atoms with E-state index in [1.54, 1.807) is 55.7 Å². The number of hydrogen-bond donors (Lipinski definition) is 1. The van der Waals surface area contributed by atoms with Gasteiger partial charge in [-0.05, 0) is 48.9 Å². The zero-order valence-electron chi connectivity index (χ0n) is 17.3. The average Bonchev–Trinajstić information content (AvgIpc) is 2.76. The van der Waals surface area contributed by atoms with Crippen LogP contribution in [0.5, 0.6) is 11.5 Å². The van der Waals surface area contributed by atoms with Gasteiger partial charge in [-0.15, -0.1) is 0 Å². The fourth-order valence-corrected chi connectivity index (χ4v) is 2.57. The van der Waals surface area contributed by atoms with Crippen LogP contribution in [0.2, 0.25) is 0 Å². The largest absolute Gasteiger partial charge is 0.497 e. The number of amides is 1. The maximum absolute atomic E-state index is 12.2. The molecule has 0 saturated carbocycles. The molecule has 0 unspecified atom stereocenters. The number of esters is 1. The standard InChI is InChI=1S/C23H25NO6/c1-4-5-22(26)24-18-10-6-16(7-11-18)20(25)15-30-23(27)13-9-17-8-12-19(28-2)14-21(17)29-3/h6-14H,4-5,15H2,1-3H3,(H,24,26)/b13-9+. The first-order valence-corrected chi connectivity index (χ1v) is 9.46. The predicted molar refractivity (Wildman–Crippen MR) is 114 cm³/mol. The van der Waals surface area contributed by atoms with Crippen LogP contribution in [0.15, 0.2) is 48.5 Å². The van der Waals surface area contributed by atoms with Gasteiger partial charge in [0.2, 0.25) is 5.91 Å². The number of benzene rings is 2. The number of ketones is 1. The van der Waals surface area contributed by atoms with Gasteiger partial charge < -0.3 is 19.5 Å². The van der Waals surface area contributed by atoms with E-state index in [0.29, 0.717) is 34.7 Å². The first-order valence-electron chi connectivity index (χ1n) is 9.46. The van der Waals surface area contributed by atoms with Crippen LogP contribution in [0.1, 0.15) is 35.7 Å². The molecule has 0 saturated heterocycles. The van der Waals surface area contributed by atoms with Gasteiger partial charge in [0.25, 0.3) is 0 Å². The van der Waals surface area contributed by atoms with Gasteiger partial charge in [0.1, 0.15) is 11.5 Å². The Morgan fingerprint density at radius 2 is 1.73 bits per heavy atom. The Labute approximate surface area is 175 Å². The molecule has 0 aliphatic rings. The molecular formula is C23H25NO6. The molecule has 0 heterocycles. The second kappa shape index (κ2) is 11.4. The molecule has 2 aromatic rings. The Kier molecular flexibility index (Phi) is 8.62. The number of anilines is 1.